The lowest BCUT2D eigenvalue weighted by molar-refractivity contribution is -0.127. The van der Waals surface area contributed by atoms with Crippen molar-refractivity contribution in [3.05, 3.63) is 0 Å². The molecule has 0 rings (SSSR count). The number of carbonyl (C=O) groups excluding carboxylic acids is 2. The minimum absolute atomic E-state index is 0.000506. The van der Waals surface area contributed by atoms with Gasteiger partial charge >= 0.3 is 0 Å². The summed E-state index contributed by atoms with van der Waals surface area (Å²) in [5.41, 5.74) is 0. The van der Waals surface area contributed by atoms with Gasteiger partial charge < -0.3 is 10.6 Å². The smallest absolute Gasteiger partial charge is 0.234 e. The Morgan fingerprint density at radius 1 is 1.31 bits per heavy atom. The van der Waals surface area contributed by atoms with E-state index in [4.69, 9.17) is 0 Å². The molecule has 0 radical (unpaired) electrons. The van der Waals surface area contributed by atoms with E-state index in [1.54, 1.807) is 7.05 Å². The molecule has 0 heterocycles. The highest BCUT2D eigenvalue weighted by molar-refractivity contribution is 5.88. The van der Waals surface area contributed by atoms with Gasteiger partial charge in [-0.1, -0.05) is 13.8 Å². The molecule has 0 saturated carbocycles. The third-order valence-corrected chi connectivity index (χ3v) is 1.76. The molecular formula is C9H18N2O2. The van der Waals surface area contributed by atoms with Crippen LogP contribution in [-0.4, -0.2) is 31.3 Å². The number of ketones is 1. The topological polar surface area (TPSA) is 58.2 Å². The molecule has 0 aromatic heterocycles. The largest absolute Gasteiger partial charge is 0.345 e. The number of likely N-dealkylation sites (N-methyl/N-ethyl adjacent to an activating group) is 1. The quantitative estimate of drug-likeness (QED) is 0.632. The highest BCUT2D eigenvalue weighted by Crippen LogP contribution is 2.01. The molecule has 76 valence electrons. The van der Waals surface area contributed by atoms with Crippen molar-refractivity contribution in [1.82, 2.24) is 10.6 Å². The first kappa shape index (κ1) is 12.1. The fraction of sp³-hybridized carbons (Fsp3) is 0.778. The molecule has 0 aromatic rings. The van der Waals surface area contributed by atoms with Gasteiger partial charge in [-0.3, -0.25) is 9.59 Å². The summed E-state index contributed by atoms with van der Waals surface area (Å²) in [7, 11) is 1.69. The average Bonchev–Trinajstić information content (AvgIpc) is 1.99. The molecule has 1 unspecified atom stereocenters. The zero-order valence-electron chi connectivity index (χ0n) is 8.68. The second-order valence-electron chi connectivity index (χ2n) is 3.43. The van der Waals surface area contributed by atoms with E-state index in [-0.39, 0.29) is 30.2 Å². The maximum absolute atomic E-state index is 11.1. The summed E-state index contributed by atoms with van der Waals surface area (Å²) in [5, 5.41) is 5.39. The Bertz CT molecular complexity index is 190. The second-order valence-corrected chi connectivity index (χ2v) is 3.43. The highest BCUT2D eigenvalue weighted by Gasteiger charge is 2.19. The monoisotopic (exact) mass is 186 g/mol. The van der Waals surface area contributed by atoms with Crippen molar-refractivity contribution in [3.63, 3.8) is 0 Å². The Labute approximate surface area is 79.1 Å². The summed E-state index contributed by atoms with van der Waals surface area (Å²) in [6.07, 6.45) is 0. The van der Waals surface area contributed by atoms with E-state index in [2.05, 4.69) is 10.6 Å². The molecule has 0 spiro atoms. The molecule has 0 saturated heterocycles. The minimum atomic E-state index is -0.360. The van der Waals surface area contributed by atoms with Gasteiger partial charge in [-0.2, -0.15) is 0 Å². The number of Topliss-reactive ketones (excluding diaryl/α,β-unsaturated/α-hetero) is 1. The van der Waals surface area contributed by atoms with E-state index in [0.717, 1.165) is 0 Å². The van der Waals surface area contributed by atoms with Crippen LogP contribution in [0, 0.1) is 5.92 Å². The predicted molar refractivity (Wildman–Crippen MR) is 51.4 cm³/mol. The van der Waals surface area contributed by atoms with Crippen molar-refractivity contribution in [2.24, 2.45) is 5.92 Å². The van der Waals surface area contributed by atoms with E-state index in [9.17, 15) is 9.59 Å². The van der Waals surface area contributed by atoms with Crippen molar-refractivity contribution in [1.29, 1.82) is 0 Å². The van der Waals surface area contributed by atoms with Gasteiger partial charge in [-0.05, 0) is 19.9 Å². The maximum atomic E-state index is 11.1. The summed E-state index contributed by atoms with van der Waals surface area (Å²) < 4.78 is 0. The normalized spacial score (nSPS) is 12.7. The van der Waals surface area contributed by atoms with Crippen LogP contribution in [-0.2, 0) is 9.59 Å². The molecule has 0 aliphatic heterocycles. The fourth-order valence-corrected chi connectivity index (χ4v) is 1.12. The van der Waals surface area contributed by atoms with Crippen LogP contribution in [0.4, 0.5) is 0 Å². The summed E-state index contributed by atoms with van der Waals surface area (Å²) in [4.78, 5) is 22.2. The van der Waals surface area contributed by atoms with E-state index < -0.39 is 0 Å². The molecule has 0 aliphatic carbocycles. The minimum Gasteiger partial charge on any atom is -0.345 e. The van der Waals surface area contributed by atoms with E-state index in [1.165, 1.54) is 6.92 Å². The number of hydrogen-bond donors (Lipinski definition) is 2. The third kappa shape index (κ3) is 4.62. The Hall–Kier alpha value is -0.900. The molecular weight excluding hydrogens is 168 g/mol. The van der Waals surface area contributed by atoms with Crippen LogP contribution >= 0.6 is 0 Å². The summed E-state index contributed by atoms with van der Waals surface area (Å²) in [5.74, 6) is -0.00541. The van der Waals surface area contributed by atoms with Crippen molar-refractivity contribution in [3.8, 4) is 0 Å². The summed E-state index contributed by atoms with van der Waals surface area (Å²) >= 11 is 0. The van der Waals surface area contributed by atoms with E-state index >= 15 is 0 Å². The van der Waals surface area contributed by atoms with Gasteiger partial charge in [0.1, 0.15) is 0 Å². The third-order valence-electron chi connectivity index (χ3n) is 1.76. The van der Waals surface area contributed by atoms with Crippen LogP contribution in [0.15, 0.2) is 0 Å². The number of rotatable bonds is 5. The molecule has 1 amide bonds. The second kappa shape index (κ2) is 5.70. The standard InChI is InChI=1S/C9H18N2O2/c1-6(2)9(7(3)12)11-8(13)5-10-4/h6,9-10H,5H2,1-4H3,(H,11,13). The van der Waals surface area contributed by atoms with Crippen LogP contribution in [0.3, 0.4) is 0 Å². The molecule has 1 atom stereocenters. The van der Waals surface area contributed by atoms with Gasteiger partial charge in [0, 0.05) is 0 Å². The number of carbonyl (C=O) groups is 2. The molecule has 4 nitrogen and oxygen atoms in total. The summed E-state index contributed by atoms with van der Waals surface area (Å²) in [6.45, 7) is 5.55. The van der Waals surface area contributed by atoms with E-state index in [1.807, 2.05) is 13.8 Å². The van der Waals surface area contributed by atoms with Crippen LogP contribution in [0.1, 0.15) is 20.8 Å². The van der Waals surface area contributed by atoms with Crippen molar-refractivity contribution in [2.45, 2.75) is 26.8 Å². The van der Waals surface area contributed by atoms with Crippen molar-refractivity contribution < 1.29 is 9.59 Å². The van der Waals surface area contributed by atoms with Gasteiger partial charge in [0.25, 0.3) is 0 Å². The lowest BCUT2D eigenvalue weighted by Crippen LogP contribution is -2.46. The molecule has 13 heavy (non-hydrogen) atoms. The zero-order chi connectivity index (χ0) is 10.4. The molecule has 2 N–H and O–H groups in total. The van der Waals surface area contributed by atoms with Gasteiger partial charge in [0.05, 0.1) is 12.6 Å². The molecule has 4 heteroatoms. The SMILES string of the molecule is CNCC(=O)NC(C(C)=O)C(C)C. The molecule has 0 bridgehead atoms. The number of amides is 1. The first-order valence-corrected chi connectivity index (χ1v) is 4.43. The highest BCUT2D eigenvalue weighted by atomic mass is 16.2. The maximum Gasteiger partial charge on any atom is 0.234 e. The van der Waals surface area contributed by atoms with Gasteiger partial charge in [0.2, 0.25) is 5.91 Å². The Balaban J connectivity index is 4.10. The van der Waals surface area contributed by atoms with Crippen LogP contribution in [0.2, 0.25) is 0 Å². The summed E-state index contributed by atoms with van der Waals surface area (Å²) in [6, 6.07) is -0.360. The first-order chi connectivity index (χ1) is 5.99. The van der Waals surface area contributed by atoms with Crippen molar-refractivity contribution >= 4 is 11.7 Å². The van der Waals surface area contributed by atoms with Gasteiger partial charge in [-0.15, -0.1) is 0 Å². The number of hydrogen-bond acceptors (Lipinski definition) is 3. The van der Waals surface area contributed by atoms with Gasteiger partial charge in [0.15, 0.2) is 5.78 Å². The molecule has 0 aromatic carbocycles. The number of nitrogens with one attached hydrogen (secondary N) is 2. The van der Waals surface area contributed by atoms with Crippen LogP contribution in [0.5, 0.6) is 0 Å². The Kier molecular flexibility index (Phi) is 5.30. The fourth-order valence-electron chi connectivity index (χ4n) is 1.12. The zero-order valence-corrected chi connectivity index (χ0v) is 8.68. The van der Waals surface area contributed by atoms with Crippen LogP contribution < -0.4 is 10.6 Å². The van der Waals surface area contributed by atoms with E-state index in [0.29, 0.717) is 0 Å². The van der Waals surface area contributed by atoms with Crippen LogP contribution in [0.25, 0.3) is 0 Å². The molecule has 0 aliphatic rings. The average molecular weight is 186 g/mol. The van der Waals surface area contributed by atoms with Gasteiger partial charge in [-0.25, -0.2) is 0 Å². The Morgan fingerprint density at radius 3 is 2.15 bits per heavy atom. The molecule has 0 fully saturated rings. The Morgan fingerprint density at radius 2 is 1.85 bits per heavy atom. The predicted octanol–water partition coefficient (Wildman–Crippen LogP) is -0.0644. The lowest BCUT2D eigenvalue weighted by atomic mass is 10.0. The lowest BCUT2D eigenvalue weighted by Gasteiger charge is -2.19. The van der Waals surface area contributed by atoms with Crippen molar-refractivity contribution in [2.75, 3.05) is 13.6 Å². The first-order valence-electron chi connectivity index (χ1n) is 4.43.